The minimum Gasteiger partial charge on any atom is -0.619 e. The van der Waals surface area contributed by atoms with Crippen molar-refractivity contribution in [3.8, 4) is 16.8 Å². The highest BCUT2D eigenvalue weighted by Crippen LogP contribution is 2.23. The molecule has 1 fully saturated rings. The summed E-state index contributed by atoms with van der Waals surface area (Å²) in [5.41, 5.74) is 2.56. The lowest BCUT2D eigenvalue weighted by Crippen LogP contribution is -2.31. The zero-order chi connectivity index (χ0) is 20.7. The molecule has 0 saturated heterocycles. The average Bonchev–Trinajstić information content (AvgIpc) is 3.58. The van der Waals surface area contributed by atoms with Crippen LogP contribution in [0.15, 0.2) is 78.1 Å². The Kier molecular flexibility index (Phi) is 4.28. The maximum absolute atomic E-state index is 12.9. The lowest BCUT2D eigenvalue weighted by Gasteiger charge is -2.14. The van der Waals surface area contributed by atoms with Crippen molar-refractivity contribution in [3.05, 3.63) is 94.3 Å². The smallest absolute Gasteiger partial charge is 0.257 e. The van der Waals surface area contributed by atoms with Gasteiger partial charge in [0.1, 0.15) is 11.2 Å². The van der Waals surface area contributed by atoms with Gasteiger partial charge in [0.25, 0.3) is 5.91 Å². The fourth-order valence-corrected chi connectivity index (χ4v) is 3.47. The van der Waals surface area contributed by atoms with Crippen molar-refractivity contribution < 1.29 is 9.52 Å². The molecule has 4 aromatic rings. The van der Waals surface area contributed by atoms with Gasteiger partial charge >= 0.3 is 0 Å². The first-order valence-electron chi connectivity index (χ1n) is 9.71. The molecule has 1 saturated carbocycles. The third-order valence-corrected chi connectivity index (χ3v) is 5.15. The molecule has 30 heavy (non-hydrogen) atoms. The quantitative estimate of drug-likeness (QED) is 0.423. The second-order valence-electron chi connectivity index (χ2n) is 7.37. The third kappa shape index (κ3) is 3.30. The number of carbonyl (C=O) groups excluding carboxylic acids is 1. The van der Waals surface area contributed by atoms with Gasteiger partial charge in [-0.1, -0.05) is 12.1 Å². The Hall–Kier alpha value is -4.00. The first-order valence-corrected chi connectivity index (χ1v) is 9.71. The van der Waals surface area contributed by atoms with Crippen LogP contribution in [0.2, 0.25) is 0 Å². The van der Waals surface area contributed by atoms with Crippen molar-refractivity contribution in [2.45, 2.75) is 18.9 Å². The maximum atomic E-state index is 12.9. The van der Waals surface area contributed by atoms with Gasteiger partial charge in [0.2, 0.25) is 5.43 Å². The van der Waals surface area contributed by atoms with Gasteiger partial charge < -0.3 is 15.1 Å². The van der Waals surface area contributed by atoms with Gasteiger partial charge in [-0.2, -0.15) is 4.73 Å². The molecule has 1 aliphatic rings. The summed E-state index contributed by atoms with van der Waals surface area (Å²) in [4.78, 5) is 30.0. The molecule has 0 aliphatic heterocycles. The Morgan fingerprint density at radius 1 is 1.13 bits per heavy atom. The normalized spacial score (nSPS) is 13.3. The predicted molar refractivity (Wildman–Crippen MR) is 112 cm³/mol. The van der Waals surface area contributed by atoms with Gasteiger partial charge in [0.15, 0.2) is 12.4 Å². The molecule has 1 N–H and O–H groups in total. The standard InChI is InChI=1S/C23H18N4O3/c28-21-19-7-2-10-24-22(19)27(14-20(21)23(29)25-17-8-9-17)18-6-1-4-15(12-18)16-5-3-11-26(30)13-16/h1-7,10-14,17H,8-9H2,(H,25,29). The van der Waals surface area contributed by atoms with E-state index in [9.17, 15) is 14.8 Å². The first-order chi connectivity index (χ1) is 14.6. The summed E-state index contributed by atoms with van der Waals surface area (Å²) in [6.45, 7) is 0. The van der Waals surface area contributed by atoms with E-state index in [0.717, 1.165) is 34.4 Å². The number of benzene rings is 1. The minimum atomic E-state index is -0.367. The molecule has 7 heteroatoms. The van der Waals surface area contributed by atoms with E-state index in [1.54, 1.807) is 35.2 Å². The zero-order valence-corrected chi connectivity index (χ0v) is 16.0. The van der Waals surface area contributed by atoms with E-state index in [4.69, 9.17) is 0 Å². The lowest BCUT2D eigenvalue weighted by atomic mass is 10.1. The Labute approximate surface area is 171 Å². The molecule has 1 amide bonds. The number of hydrogen-bond donors (Lipinski definition) is 1. The molecule has 7 nitrogen and oxygen atoms in total. The molecule has 0 unspecified atom stereocenters. The van der Waals surface area contributed by atoms with Crippen molar-refractivity contribution >= 4 is 16.9 Å². The lowest BCUT2D eigenvalue weighted by molar-refractivity contribution is -0.604. The van der Waals surface area contributed by atoms with Crippen LogP contribution in [-0.2, 0) is 0 Å². The highest BCUT2D eigenvalue weighted by atomic mass is 16.5. The molecule has 148 valence electrons. The van der Waals surface area contributed by atoms with Crippen LogP contribution < -0.4 is 15.5 Å². The Morgan fingerprint density at radius 3 is 2.77 bits per heavy atom. The van der Waals surface area contributed by atoms with Gasteiger partial charge in [-0.15, -0.1) is 0 Å². The van der Waals surface area contributed by atoms with Crippen LogP contribution in [0.25, 0.3) is 27.8 Å². The Bertz CT molecular complexity index is 1340. The van der Waals surface area contributed by atoms with Gasteiger partial charge in [-0.25, -0.2) is 4.98 Å². The average molecular weight is 398 g/mol. The first kappa shape index (κ1) is 18.1. The van der Waals surface area contributed by atoms with Crippen molar-refractivity contribution in [3.63, 3.8) is 0 Å². The molecule has 0 bridgehead atoms. The van der Waals surface area contributed by atoms with Gasteiger partial charge in [-0.05, 0) is 48.7 Å². The highest BCUT2D eigenvalue weighted by Gasteiger charge is 2.26. The van der Waals surface area contributed by atoms with E-state index in [-0.39, 0.29) is 22.9 Å². The van der Waals surface area contributed by atoms with Crippen molar-refractivity contribution in [1.29, 1.82) is 0 Å². The molecule has 1 aromatic carbocycles. The molecule has 3 aromatic heterocycles. The summed E-state index contributed by atoms with van der Waals surface area (Å²) in [6.07, 6.45) is 7.96. The molecule has 0 spiro atoms. The van der Waals surface area contributed by atoms with Crippen molar-refractivity contribution in [2.24, 2.45) is 0 Å². The van der Waals surface area contributed by atoms with E-state index in [2.05, 4.69) is 10.3 Å². The molecular weight excluding hydrogens is 380 g/mol. The van der Waals surface area contributed by atoms with E-state index < -0.39 is 0 Å². The van der Waals surface area contributed by atoms with Crippen LogP contribution in [0, 0.1) is 5.21 Å². The summed E-state index contributed by atoms with van der Waals surface area (Å²) in [6, 6.07) is 14.6. The number of hydrogen-bond acceptors (Lipinski definition) is 4. The predicted octanol–water partition coefficient (Wildman–Crippen LogP) is 2.58. The van der Waals surface area contributed by atoms with E-state index in [0.29, 0.717) is 11.0 Å². The molecule has 5 rings (SSSR count). The Morgan fingerprint density at radius 2 is 1.97 bits per heavy atom. The molecular formula is C23H18N4O3. The largest absolute Gasteiger partial charge is 0.619 e. The minimum absolute atomic E-state index is 0.0879. The second kappa shape index (κ2) is 7.11. The van der Waals surface area contributed by atoms with Crippen LogP contribution in [0.4, 0.5) is 0 Å². The number of pyridine rings is 3. The van der Waals surface area contributed by atoms with Crippen LogP contribution >= 0.6 is 0 Å². The fourth-order valence-electron chi connectivity index (χ4n) is 3.47. The number of carbonyl (C=O) groups is 1. The van der Waals surface area contributed by atoms with Crippen LogP contribution in [-0.4, -0.2) is 21.5 Å². The summed E-state index contributed by atoms with van der Waals surface area (Å²) in [7, 11) is 0. The zero-order valence-electron chi connectivity index (χ0n) is 16.0. The second-order valence-corrected chi connectivity index (χ2v) is 7.37. The number of fused-ring (bicyclic) bond motifs is 1. The van der Waals surface area contributed by atoms with Gasteiger partial charge in [-0.3, -0.25) is 9.59 Å². The Balaban J connectivity index is 1.68. The van der Waals surface area contributed by atoms with Gasteiger partial charge in [0.05, 0.1) is 5.39 Å². The highest BCUT2D eigenvalue weighted by molar-refractivity contribution is 5.97. The summed E-state index contributed by atoms with van der Waals surface area (Å²) in [5.74, 6) is -0.367. The van der Waals surface area contributed by atoms with Crippen LogP contribution in [0.3, 0.4) is 0 Å². The maximum Gasteiger partial charge on any atom is 0.257 e. The number of nitrogens with zero attached hydrogens (tertiary/aromatic N) is 3. The summed E-state index contributed by atoms with van der Waals surface area (Å²) < 4.78 is 2.49. The fraction of sp³-hybridized carbons (Fsp3) is 0.130. The molecule has 0 atom stereocenters. The van der Waals surface area contributed by atoms with E-state index in [1.165, 1.54) is 12.4 Å². The molecule has 3 heterocycles. The van der Waals surface area contributed by atoms with Crippen molar-refractivity contribution in [2.75, 3.05) is 0 Å². The number of amides is 1. The summed E-state index contributed by atoms with van der Waals surface area (Å²) >= 11 is 0. The van der Waals surface area contributed by atoms with E-state index >= 15 is 0 Å². The van der Waals surface area contributed by atoms with Crippen LogP contribution in [0.1, 0.15) is 23.2 Å². The van der Waals surface area contributed by atoms with Gasteiger partial charge in [0, 0.05) is 35.8 Å². The molecule has 0 radical (unpaired) electrons. The van der Waals surface area contributed by atoms with Crippen LogP contribution in [0.5, 0.6) is 0 Å². The number of rotatable bonds is 4. The third-order valence-electron chi connectivity index (χ3n) is 5.15. The number of nitrogens with one attached hydrogen (secondary N) is 1. The topological polar surface area (TPSA) is 90.9 Å². The molecule has 1 aliphatic carbocycles. The van der Waals surface area contributed by atoms with E-state index in [1.807, 2.05) is 30.3 Å². The van der Waals surface area contributed by atoms with Crippen molar-refractivity contribution in [1.82, 2.24) is 14.9 Å². The summed E-state index contributed by atoms with van der Waals surface area (Å²) in [5, 5.41) is 14.9. The monoisotopic (exact) mass is 398 g/mol. The number of aromatic nitrogens is 3. The SMILES string of the molecule is O=C(NC1CC1)c1cn(-c2cccc(-c3ccc[n+]([O-])c3)c2)c2ncccc2c1=O.